The monoisotopic (exact) mass is 719 g/mol. The van der Waals surface area contributed by atoms with E-state index in [4.69, 9.17) is 14.4 Å². The van der Waals surface area contributed by atoms with Crippen molar-refractivity contribution in [2.75, 3.05) is 0 Å². The number of carbonyl (C=O) groups is 2. The maximum Gasteiger partial charge on any atom is 0.306 e. The average molecular weight is 719 g/mol. The zero-order valence-electron chi connectivity index (χ0n) is 34.2. The van der Waals surface area contributed by atoms with E-state index in [1.807, 2.05) is 24.3 Å². The first-order valence-corrected chi connectivity index (χ1v) is 20.1. The van der Waals surface area contributed by atoms with Gasteiger partial charge >= 0.3 is 5.97 Å². The molecule has 52 heavy (non-hydrogen) atoms. The molecule has 0 radical (unpaired) electrons. The molecule has 2 heterocycles. The molecule has 290 valence electrons. The Morgan fingerprint density at radius 2 is 0.981 bits per heavy atom. The van der Waals surface area contributed by atoms with Gasteiger partial charge in [0.2, 0.25) is 0 Å². The number of hydrogen-bond donors (Lipinski definition) is 0. The number of esters is 1. The van der Waals surface area contributed by atoms with Crippen LogP contribution in [0.15, 0.2) is 60.7 Å². The zero-order valence-corrected chi connectivity index (χ0v) is 34.2. The highest BCUT2D eigenvalue weighted by Crippen LogP contribution is 2.45. The van der Waals surface area contributed by atoms with Gasteiger partial charge in [-0.05, 0) is 112 Å². The van der Waals surface area contributed by atoms with Gasteiger partial charge in [-0.15, -0.1) is 0 Å². The number of rotatable bonds is 18. The lowest BCUT2D eigenvalue weighted by Gasteiger charge is -2.54. The number of Topliss-reactive ketones (excluding diaryl/α,β-unsaturated/α-hetero) is 1. The van der Waals surface area contributed by atoms with Gasteiger partial charge in [0.25, 0.3) is 0 Å². The van der Waals surface area contributed by atoms with Crippen LogP contribution >= 0.6 is 0 Å². The zero-order chi connectivity index (χ0) is 38.2. The summed E-state index contributed by atoms with van der Waals surface area (Å²) in [5.41, 5.74) is 1.43. The van der Waals surface area contributed by atoms with Crippen LogP contribution in [-0.2, 0) is 24.0 Å². The van der Waals surface area contributed by atoms with Gasteiger partial charge in [-0.1, -0.05) is 86.3 Å². The molecular weight excluding hydrogens is 649 g/mol. The number of hydroxylamine groups is 4. The van der Waals surface area contributed by atoms with Crippen molar-refractivity contribution in [3.8, 4) is 0 Å². The maximum absolute atomic E-state index is 13.0. The van der Waals surface area contributed by atoms with Crippen molar-refractivity contribution in [1.82, 2.24) is 10.1 Å². The summed E-state index contributed by atoms with van der Waals surface area (Å²) in [5.74, 6) is 0.662. The number of carbonyl (C=O) groups excluding carboxylic acids is 2. The van der Waals surface area contributed by atoms with Crippen LogP contribution in [0.2, 0.25) is 0 Å². The molecule has 0 saturated carbocycles. The largest absolute Gasteiger partial charge is 0.462 e. The molecule has 0 aromatic heterocycles. The first kappa shape index (κ1) is 42.2. The van der Waals surface area contributed by atoms with E-state index in [-0.39, 0.29) is 46.4 Å². The third-order valence-electron chi connectivity index (χ3n) is 11.2. The van der Waals surface area contributed by atoms with E-state index in [0.29, 0.717) is 31.0 Å². The molecule has 4 rings (SSSR count). The van der Waals surface area contributed by atoms with Crippen LogP contribution in [0.3, 0.4) is 0 Å². The van der Waals surface area contributed by atoms with Gasteiger partial charge in [-0.2, -0.15) is 10.1 Å². The number of ether oxygens (including phenoxy) is 1. The van der Waals surface area contributed by atoms with Gasteiger partial charge < -0.3 is 4.74 Å². The summed E-state index contributed by atoms with van der Waals surface area (Å²) in [6, 6.07) is 20.7. The van der Waals surface area contributed by atoms with Crippen molar-refractivity contribution in [1.29, 1.82) is 0 Å². The third kappa shape index (κ3) is 12.0. The minimum atomic E-state index is -0.279. The third-order valence-corrected chi connectivity index (χ3v) is 11.2. The molecule has 0 bridgehead atoms. The Morgan fingerprint density at radius 1 is 0.596 bits per heavy atom. The Bertz CT molecular complexity index is 1260. The minimum Gasteiger partial charge on any atom is -0.462 e. The van der Waals surface area contributed by atoms with Crippen LogP contribution in [-0.4, -0.2) is 50.1 Å². The van der Waals surface area contributed by atoms with Crippen LogP contribution in [0.1, 0.15) is 176 Å². The molecule has 7 heteroatoms. The fraction of sp³-hybridized carbons (Fsp3) is 0.689. The lowest BCUT2D eigenvalue weighted by atomic mass is 9.73. The molecule has 2 saturated heterocycles. The fourth-order valence-corrected chi connectivity index (χ4v) is 9.29. The van der Waals surface area contributed by atoms with E-state index in [0.717, 1.165) is 69.8 Å². The van der Waals surface area contributed by atoms with Crippen molar-refractivity contribution in [3.63, 3.8) is 0 Å². The van der Waals surface area contributed by atoms with Crippen molar-refractivity contribution < 1.29 is 24.0 Å². The van der Waals surface area contributed by atoms with Gasteiger partial charge in [-0.3, -0.25) is 19.3 Å². The lowest BCUT2D eigenvalue weighted by Crippen LogP contribution is -2.62. The molecule has 2 aromatic rings. The maximum atomic E-state index is 13.0. The van der Waals surface area contributed by atoms with E-state index in [2.05, 4.69) is 116 Å². The van der Waals surface area contributed by atoms with E-state index in [9.17, 15) is 9.59 Å². The smallest absolute Gasteiger partial charge is 0.306 e. The van der Waals surface area contributed by atoms with Crippen LogP contribution < -0.4 is 0 Å². The van der Waals surface area contributed by atoms with E-state index >= 15 is 0 Å². The molecule has 2 aliphatic rings. The number of benzene rings is 2. The SMILES string of the molecule is CC(ON1C(C)(C)CC(CC(=O)CCCCCCCCC(=O)OC2CC(C)(C)N(OC(C)c3ccccc3)C(C)(C)C2)CC1(C)C)c1ccccc1. The average Bonchev–Trinajstić information content (AvgIpc) is 3.05. The number of piperidine rings is 2. The number of ketones is 1. The van der Waals surface area contributed by atoms with Crippen LogP contribution in [0.4, 0.5) is 0 Å². The second-order valence-electron chi connectivity index (χ2n) is 18.3. The van der Waals surface area contributed by atoms with Gasteiger partial charge in [0.05, 0.1) is 0 Å². The van der Waals surface area contributed by atoms with E-state index in [1.54, 1.807) is 0 Å². The Morgan fingerprint density at radius 3 is 1.42 bits per heavy atom. The molecule has 0 amide bonds. The Labute approximate surface area is 316 Å². The van der Waals surface area contributed by atoms with Crippen LogP contribution in [0.25, 0.3) is 0 Å². The molecule has 2 unspecified atom stereocenters. The van der Waals surface area contributed by atoms with Crippen molar-refractivity contribution >= 4 is 11.8 Å². The van der Waals surface area contributed by atoms with Gasteiger partial charge in [0.15, 0.2) is 0 Å². The molecule has 2 aromatic carbocycles. The van der Waals surface area contributed by atoms with Crippen molar-refractivity contribution in [3.05, 3.63) is 71.8 Å². The van der Waals surface area contributed by atoms with E-state index < -0.39 is 0 Å². The first-order valence-electron chi connectivity index (χ1n) is 20.1. The normalized spacial score (nSPS) is 21.7. The minimum absolute atomic E-state index is 0.0312. The van der Waals surface area contributed by atoms with Crippen molar-refractivity contribution in [2.45, 2.75) is 193 Å². The molecule has 0 aliphatic carbocycles. The summed E-state index contributed by atoms with van der Waals surface area (Å²) < 4.78 is 6.03. The molecule has 0 N–H and O–H groups in total. The Balaban J connectivity index is 1.09. The van der Waals surface area contributed by atoms with Gasteiger partial charge in [-0.25, -0.2) is 0 Å². The summed E-state index contributed by atoms with van der Waals surface area (Å²) >= 11 is 0. The van der Waals surface area contributed by atoms with Gasteiger partial charge in [0, 0.05) is 54.3 Å². The second-order valence-corrected chi connectivity index (χ2v) is 18.3. The summed E-state index contributed by atoms with van der Waals surface area (Å²) in [6.07, 6.45) is 11.0. The summed E-state index contributed by atoms with van der Waals surface area (Å²) in [4.78, 5) is 39.0. The van der Waals surface area contributed by atoms with Gasteiger partial charge in [0.1, 0.15) is 24.1 Å². The highest BCUT2D eigenvalue weighted by molar-refractivity contribution is 5.78. The second kappa shape index (κ2) is 18.2. The lowest BCUT2D eigenvalue weighted by molar-refractivity contribution is -0.314. The van der Waals surface area contributed by atoms with E-state index in [1.165, 1.54) is 5.56 Å². The standard InChI is InChI=1S/C45H70N2O5/c1-34(37-23-17-15-18-24-37)51-46-42(3,4)30-36(31-43(46,5)6)29-39(48)27-21-13-11-12-14-22-28-41(49)50-40-32-44(7,8)47(45(9,10)33-40)52-35(2)38-25-19-16-20-26-38/h15-20,23-26,34-36,40H,11-14,21-22,27-33H2,1-10H3. The molecule has 2 aliphatic heterocycles. The molecule has 2 atom stereocenters. The molecule has 7 nitrogen and oxygen atoms in total. The van der Waals surface area contributed by atoms with Crippen molar-refractivity contribution in [2.24, 2.45) is 5.92 Å². The van der Waals surface area contributed by atoms with Crippen LogP contribution in [0.5, 0.6) is 0 Å². The predicted molar refractivity (Wildman–Crippen MR) is 210 cm³/mol. The number of nitrogens with zero attached hydrogens (tertiary/aromatic N) is 2. The Kier molecular flexibility index (Phi) is 14.7. The summed E-state index contributed by atoms with van der Waals surface area (Å²) in [6.45, 7) is 21.9. The Hall–Kier alpha value is -2.58. The highest BCUT2D eigenvalue weighted by atomic mass is 16.7. The predicted octanol–water partition coefficient (Wildman–Crippen LogP) is 11.3. The molecular formula is C45H70N2O5. The topological polar surface area (TPSA) is 68.3 Å². The highest BCUT2D eigenvalue weighted by Gasteiger charge is 2.49. The molecule has 0 spiro atoms. The summed E-state index contributed by atoms with van der Waals surface area (Å²) in [5, 5.41) is 4.33. The number of hydrogen-bond acceptors (Lipinski definition) is 7. The fourth-order valence-electron chi connectivity index (χ4n) is 9.29. The number of unbranched alkanes of at least 4 members (excludes halogenated alkanes) is 5. The first-order chi connectivity index (χ1) is 24.4. The van der Waals surface area contributed by atoms with Crippen LogP contribution in [0, 0.1) is 5.92 Å². The quantitative estimate of drug-likeness (QED) is 0.112. The molecule has 2 fully saturated rings. The summed E-state index contributed by atoms with van der Waals surface area (Å²) in [7, 11) is 0.